The van der Waals surface area contributed by atoms with Crippen LogP contribution in [-0.2, 0) is 4.74 Å². The van der Waals surface area contributed by atoms with Gasteiger partial charge in [0, 0.05) is 19.7 Å². The van der Waals surface area contributed by atoms with Gasteiger partial charge in [-0.3, -0.25) is 5.43 Å². The SMILES string of the molecule is CCOC(=O)c1c(N=CN(C)C)sc(/C=N\Nc2ccc3ccccc3c2)c1-c1ccccc1. The van der Waals surface area contributed by atoms with Gasteiger partial charge in [0.05, 0.1) is 29.7 Å². The van der Waals surface area contributed by atoms with Crippen molar-refractivity contribution >= 4 is 51.3 Å². The summed E-state index contributed by atoms with van der Waals surface area (Å²) in [5.41, 5.74) is 6.10. The first-order chi connectivity index (χ1) is 16.6. The van der Waals surface area contributed by atoms with Crippen molar-refractivity contribution in [1.82, 2.24) is 4.90 Å². The fraction of sp³-hybridized carbons (Fsp3) is 0.148. The van der Waals surface area contributed by atoms with E-state index >= 15 is 0 Å². The Kier molecular flexibility index (Phi) is 7.34. The number of ether oxygens (including phenoxy) is 1. The standard InChI is InChI=1S/C27H26N4O2S/c1-4-33-27(32)25-24(20-11-6-5-7-12-20)23(34-26(25)28-18-31(2)3)17-29-30-22-15-14-19-10-8-9-13-21(19)16-22/h5-18,30H,4H2,1-3H3/b28-18?,29-17-. The topological polar surface area (TPSA) is 66.3 Å². The van der Waals surface area contributed by atoms with Crippen molar-refractivity contribution in [2.24, 2.45) is 10.1 Å². The molecule has 0 saturated carbocycles. The van der Waals surface area contributed by atoms with Gasteiger partial charge in [0.1, 0.15) is 10.6 Å². The zero-order valence-electron chi connectivity index (χ0n) is 19.4. The summed E-state index contributed by atoms with van der Waals surface area (Å²) in [6.07, 6.45) is 3.41. The monoisotopic (exact) mass is 470 g/mol. The van der Waals surface area contributed by atoms with Gasteiger partial charge in [-0.2, -0.15) is 5.10 Å². The number of anilines is 1. The predicted octanol–water partition coefficient (Wildman–Crippen LogP) is 6.41. The molecule has 1 aromatic heterocycles. The summed E-state index contributed by atoms with van der Waals surface area (Å²) < 4.78 is 5.39. The largest absolute Gasteiger partial charge is 0.462 e. The highest BCUT2D eigenvalue weighted by atomic mass is 32.1. The second kappa shape index (κ2) is 10.8. The minimum Gasteiger partial charge on any atom is -0.462 e. The third-order valence-electron chi connectivity index (χ3n) is 4.99. The molecule has 0 fully saturated rings. The molecule has 0 aliphatic heterocycles. The summed E-state index contributed by atoms with van der Waals surface area (Å²) in [7, 11) is 3.77. The maximum Gasteiger partial charge on any atom is 0.341 e. The van der Waals surface area contributed by atoms with Gasteiger partial charge in [-0.25, -0.2) is 9.79 Å². The first-order valence-corrected chi connectivity index (χ1v) is 11.8. The third kappa shape index (κ3) is 5.32. The first-order valence-electron chi connectivity index (χ1n) is 10.9. The van der Waals surface area contributed by atoms with Gasteiger partial charge in [-0.05, 0) is 35.4 Å². The van der Waals surface area contributed by atoms with Gasteiger partial charge in [0.15, 0.2) is 0 Å². The molecular weight excluding hydrogens is 444 g/mol. The molecule has 3 aromatic carbocycles. The highest BCUT2D eigenvalue weighted by molar-refractivity contribution is 7.18. The van der Waals surface area contributed by atoms with Crippen LogP contribution in [0, 0.1) is 0 Å². The maximum atomic E-state index is 13.0. The molecule has 0 aliphatic rings. The summed E-state index contributed by atoms with van der Waals surface area (Å²) in [4.78, 5) is 20.2. The minimum atomic E-state index is -0.398. The number of fused-ring (bicyclic) bond motifs is 1. The molecule has 0 atom stereocenters. The molecule has 0 radical (unpaired) electrons. The van der Waals surface area contributed by atoms with Crippen LogP contribution >= 0.6 is 11.3 Å². The molecular formula is C27H26N4O2S. The Bertz CT molecular complexity index is 1340. The Labute approximate surface area is 203 Å². The van der Waals surface area contributed by atoms with Crippen LogP contribution in [0.15, 0.2) is 82.9 Å². The average molecular weight is 471 g/mol. The van der Waals surface area contributed by atoms with Crippen LogP contribution in [0.1, 0.15) is 22.2 Å². The van der Waals surface area contributed by atoms with Gasteiger partial charge in [0.2, 0.25) is 0 Å². The summed E-state index contributed by atoms with van der Waals surface area (Å²) >= 11 is 1.40. The Morgan fingerprint density at radius 1 is 1.03 bits per heavy atom. The zero-order chi connectivity index (χ0) is 23.9. The predicted molar refractivity (Wildman–Crippen MR) is 143 cm³/mol. The van der Waals surface area contributed by atoms with Crippen molar-refractivity contribution in [3.05, 3.63) is 83.2 Å². The van der Waals surface area contributed by atoms with Crippen molar-refractivity contribution in [1.29, 1.82) is 0 Å². The van der Waals surface area contributed by atoms with E-state index in [9.17, 15) is 4.79 Å². The summed E-state index contributed by atoms with van der Waals surface area (Å²) in [5, 5.41) is 7.37. The second-order valence-electron chi connectivity index (χ2n) is 7.75. The second-order valence-corrected chi connectivity index (χ2v) is 8.78. The zero-order valence-corrected chi connectivity index (χ0v) is 20.2. The molecule has 6 nitrogen and oxygen atoms in total. The summed E-state index contributed by atoms with van der Waals surface area (Å²) in [6.45, 7) is 2.08. The molecule has 0 amide bonds. The number of hydrogen-bond acceptors (Lipinski definition) is 6. The van der Waals surface area contributed by atoms with E-state index in [1.807, 2.05) is 67.5 Å². The van der Waals surface area contributed by atoms with Gasteiger partial charge in [0.25, 0.3) is 0 Å². The number of hydrogen-bond donors (Lipinski definition) is 1. The van der Waals surface area contributed by atoms with E-state index in [-0.39, 0.29) is 6.61 Å². The third-order valence-corrected chi connectivity index (χ3v) is 6.02. The lowest BCUT2D eigenvalue weighted by Gasteiger charge is -2.07. The molecule has 0 unspecified atom stereocenters. The Morgan fingerprint density at radius 3 is 2.50 bits per heavy atom. The van der Waals surface area contributed by atoms with E-state index in [1.165, 1.54) is 16.7 Å². The molecule has 172 valence electrons. The van der Waals surface area contributed by atoms with Crippen LogP contribution in [-0.4, -0.2) is 44.1 Å². The molecule has 4 aromatic rings. The Hall–Kier alpha value is -3.97. The number of carbonyl (C=O) groups is 1. The average Bonchev–Trinajstić information content (AvgIpc) is 3.22. The van der Waals surface area contributed by atoms with Crippen molar-refractivity contribution in [2.45, 2.75) is 6.92 Å². The fourth-order valence-electron chi connectivity index (χ4n) is 3.49. The van der Waals surface area contributed by atoms with Crippen LogP contribution in [0.2, 0.25) is 0 Å². The van der Waals surface area contributed by atoms with E-state index in [0.717, 1.165) is 27.1 Å². The van der Waals surface area contributed by atoms with Crippen LogP contribution in [0.3, 0.4) is 0 Å². The van der Waals surface area contributed by atoms with Crippen LogP contribution < -0.4 is 5.43 Å². The van der Waals surface area contributed by atoms with E-state index in [4.69, 9.17) is 4.74 Å². The molecule has 0 spiro atoms. The van der Waals surface area contributed by atoms with Crippen molar-refractivity contribution in [3.8, 4) is 11.1 Å². The number of thiophene rings is 1. The minimum absolute atomic E-state index is 0.284. The highest BCUT2D eigenvalue weighted by Crippen LogP contribution is 2.41. The van der Waals surface area contributed by atoms with Gasteiger partial charge < -0.3 is 9.64 Å². The van der Waals surface area contributed by atoms with Crippen molar-refractivity contribution in [3.63, 3.8) is 0 Å². The number of esters is 1. The van der Waals surface area contributed by atoms with E-state index in [0.29, 0.717) is 10.6 Å². The summed E-state index contributed by atoms with van der Waals surface area (Å²) in [6, 6.07) is 24.0. The number of nitrogens with zero attached hydrogens (tertiary/aromatic N) is 3. The first kappa shape index (κ1) is 23.2. The number of hydrazone groups is 1. The number of aliphatic imine (C=N–C) groups is 1. The molecule has 0 aliphatic carbocycles. The molecule has 34 heavy (non-hydrogen) atoms. The van der Waals surface area contributed by atoms with Gasteiger partial charge >= 0.3 is 5.97 Å². The lowest BCUT2D eigenvalue weighted by Crippen LogP contribution is -2.08. The molecule has 7 heteroatoms. The van der Waals surface area contributed by atoms with Gasteiger partial charge in [-0.15, -0.1) is 11.3 Å². The fourth-order valence-corrected chi connectivity index (χ4v) is 4.52. The van der Waals surface area contributed by atoms with Crippen LogP contribution in [0.5, 0.6) is 0 Å². The molecule has 0 bridgehead atoms. The molecule has 1 N–H and O–H groups in total. The van der Waals surface area contributed by atoms with Crippen molar-refractivity contribution < 1.29 is 9.53 Å². The molecule has 1 heterocycles. The quantitative estimate of drug-likeness (QED) is 0.140. The Morgan fingerprint density at radius 2 is 1.76 bits per heavy atom. The number of carbonyl (C=O) groups excluding carboxylic acids is 1. The van der Waals surface area contributed by atoms with Crippen LogP contribution in [0.4, 0.5) is 10.7 Å². The van der Waals surface area contributed by atoms with Gasteiger partial charge in [-0.1, -0.05) is 60.7 Å². The number of rotatable bonds is 8. The number of benzene rings is 3. The number of nitrogens with one attached hydrogen (secondary N) is 1. The smallest absolute Gasteiger partial charge is 0.341 e. The van der Waals surface area contributed by atoms with Crippen molar-refractivity contribution in [2.75, 3.05) is 26.1 Å². The summed E-state index contributed by atoms with van der Waals surface area (Å²) in [5.74, 6) is -0.398. The van der Waals surface area contributed by atoms with Crippen LogP contribution in [0.25, 0.3) is 21.9 Å². The Balaban J connectivity index is 1.75. The lowest BCUT2D eigenvalue weighted by molar-refractivity contribution is 0.0529. The highest BCUT2D eigenvalue weighted by Gasteiger charge is 2.25. The maximum absolute atomic E-state index is 13.0. The van der Waals surface area contributed by atoms with E-state index < -0.39 is 5.97 Å². The van der Waals surface area contributed by atoms with E-state index in [2.05, 4.69) is 39.8 Å². The lowest BCUT2D eigenvalue weighted by atomic mass is 10.0. The molecule has 0 saturated heterocycles. The van der Waals surface area contributed by atoms with E-state index in [1.54, 1.807) is 19.5 Å². The molecule has 4 rings (SSSR count). The normalized spacial score (nSPS) is 11.4.